The zero-order valence-electron chi connectivity index (χ0n) is 13.8. The van der Waals surface area contributed by atoms with E-state index in [-0.39, 0.29) is 5.91 Å². The molecular formula is C21H18N2O. The molecule has 1 heterocycles. The number of aryl methyl sites for hydroxylation is 1. The summed E-state index contributed by atoms with van der Waals surface area (Å²) in [6.07, 6.45) is 6.21. The van der Waals surface area contributed by atoms with E-state index in [1.165, 1.54) is 0 Å². The van der Waals surface area contributed by atoms with Gasteiger partial charge in [-0.05, 0) is 43.2 Å². The second-order valence-electron chi connectivity index (χ2n) is 5.61. The van der Waals surface area contributed by atoms with Crippen LogP contribution in [-0.4, -0.2) is 10.9 Å². The number of nitrogens with zero attached hydrogens (tertiary/aromatic N) is 1. The van der Waals surface area contributed by atoms with Crippen LogP contribution in [0.2, 0.25) is 0 Å². The van der Waals surface area contributed by atoms with Crippen LogP contribution in [0.4, 0.5) is 5.69 Å². The lowest BCUT2D eigenvalue weighted by Gasteiger charge is -2.14. The number of aromatic nitrogens is 1. The highest BCUT2D eigenvalue weighted by Crippen LogP contribution is 2.24. The number of carbonyl (C=O) groups is 1. The Kier molecular flexibility index (Phi) is 4.31. The summed E-state index contributed by atoms with van der Waals surface area (Å²) in [6, 6.07) is 15.0. The molecule has 24 heavy (non-hydrogen) atoms. The van der Waals surface area contributed by atoms with Gasteiger partial charge in [-0.2, -0.15) is 0 Å². The Balaban J connectivity index is 2.09. The number of hydrogen-bond donors (Lipinski definition) is 1. The molecule has 2 aromatic carbocycles. The maximum atomic E-state index is 12.9. The minimum atomic E-state index is -0.144. The van der Waals surface area contributed by atoms with E-state index in [1.807, 2.05) is 56.3 Å². The maximum Gasteiger partial charge on any atom is 0.256 e. The SMILES string of the molecule is C#Cc1cccc(NC(=O)c2c(C)c(CC)nc3ccccc23)c1. The van der Waals surface area contributed by atoms with Crippen molar-refractivity contribution in [3.63, 3.8) is 0 Å². The van der Waals surface area contributed by atoms with Crippen molar-refractivity contribution < 1.29 is 4.79 Å². The molecule has 0 aliphatic rings. The first-order chi connectivity index (χ1) is 11.6. The third kappa shape index (κ3) is 2.87. The second-order valence-corrected chi connectivity index (χ2v) is 5.61. The van der Waals surface area contributed by atoms with Gasteiger partial charge in [-0.1, -0.05) is 37.1 Å². The van der Waals surface area contributed by atoms with Gasteiger partial charge in [0.1, 0.15) is 0 Å². The minimum absolute atomic E-state index is 0.144. The Morgan fingerprint density at radius 3 is 2.75 bits per heavy atom. The van der Waals surface area contributed by atoms with Gasteiger partial charge in [0.05, 0.1) is 11.1 Å². The summed E-state index contributed by atoms with van der Waals surface area (Å²) in [7, 11) is 0. The number of carbonyl (C=O) groups excluding carboxylic acids is 1. The largest absolute Gasteiger partial charge is 0.322 e. The normalized spacial score (nSPS) is 10.4. The lowest BCUT2D eigenvalue weighted by molar-refractivity contribution is 0.102. The van der Waals surface area contributed by atoms with Crippen molar-refractivity contribution in [1.82, 2.24) is 4.98 Å². The van der Waals surface area contributed by atoms with E-state index < -0.39 is 0 Å². The van der Waals surface area contributed by atoms with Crippen molar-refractivity contribution in [2.45, 2.75) is 20.3 Å². The molecule has 0 aliphatic carbocycles. The van der Waals surface area contributed by atoms with E-state index in [0.717, 1.165) is 34.1 Å². The molecule has 0 atom stereocenters. The van der Waals surface area contributed by atoms with Crippen molar-refractivity contribution in [2.75, 3.05) is 5.32 Å². The number of amides is 1. The Morgan fingerprint density at radius 1 is 1.21 bits per heavy atom. The molecule has 0 saturated heterocycles. The summed E-state index contributed by atoms with van der Waals surface area (Å²) < 4.78 is 0. The molecule has 3 rings (SSSR count). The first-order valence-corrected chi connectivity index (χ1v) is 7.90. The van der Waals surface area contributed by atoms with Crippen molar-refractivity contribution in [1.29, 1.82) is 0 Å². The fraction of sp³-hybridized carbons (Fsp3) is 0.143. The Hall–Kier alpha value is -3.12. The number of benzene rings is 2. The van der Waals surface area contributed by atoms with E-state index in [1.54, 1.807) is 6.07 Å². The standard InChI is InChI=1S/C21H18N2O/c1-4-15-9-8-10-16(13-15)22-21(24)20-14(3)18(5-2)23-19-12-7-6-11-17(19)20/h1,6-13H,5H2,2-3H3,(H,22,24). The third-order valence-corrected chi connectivity index (χ3v) is 4.09. The van der Waals surface area contributed by atoms with Gasteiger partial charge in [0, 0.05) is 22.3 Å². The fourth-order valence-corrected chi connectivity index (χ4v) is 2.88. The zero-order valence-corrected chi connectivity index (χ0v) is 13.8. The monoisotopic (exact) mass is 314 g/mol. The van der Waals surface area contributed by atoms with Crippen LogP contribution in [0, 0.1) is 19.3 Å². The van der Waals surface area contributed by atoms with Gasteiger partial charge < -0.3 is 5.32 Å². The number of fused-ring (bicyclic) bond motifs is 1. The highest BCUT2D eigenvalue weighted by molar-refractivity contribution is 6.13. The van der Waals surface area contributed by atoms with Gasteiger partial charge in [-0.15, -0.1) is 6.42 Å². The van der Waals surface area contributed by atoms with Gasteiger partial charge in [-0.25, -0.2) is 0 Å². The lowest BCUT2D eigenvalue weighted by Crippen LogP contribution is -2.16. The smallest absolute Gasteiger partial charge is 0.256 e. The number of pyridine rings is 1. The summed E-state index contributed by atoms with van der Waals surface area (Å²) in [6.45, 7) is 3.99. The minimum Gasteiger partial charge on any atom is -0.322 e. The molecule has 1 amide bonds. The van der Waals surface area contributed by atoms with Gasteiger partial charge >= 0.3 is 0 Å². The summed E-state index contributed by atoms with van der Waals surface area (Å²) in [5.41, 5.74) is 4.79. The molecule has 0 bridgehead atoms. The van der Waals surface area contributed by atoms with E-state index in [0.29, 0.717) is 11.3 Å². The van der Waals surface area contributed by atoms with Gasteiger partial charge in [0.25, 0.3) is 5.91 Å². The Bertz CT molecular complexity index is 967. The molecule has 1 aromatic heterocycles. The number of nitrogens with one attached hydrogen (secondary N) is 1. The van der Waals surface area contributed by atoms with E-state index in [2.05, 4.69) is 16.2 Å². The van der Waals surface area contributed by atoms with Crippen molar-refractivity contribution in [3.8, 4) is 12.3 Å². The highest BCUT2D eigenvalue weighted by Gasteiger charge is 2.17. The summed E-state index contributed by atoms with van der Waals surface area (Å²) in [4.78, 5) is 17.6. The molecular weight excluding hydrogens is 296 g/mol. The van der Waals surface area contributed by atoms with Gasteiger partial charge in [0.2, 0.25) is 0 Å². The van der Waals surface area contributed by atoms with E-state index in [9.17, 15) is 4.79 Å². The predicted molar refractivity (Wildman–Crippen MR) is 98.2 cm³/mol. The second kappa shape index (κ2) is 6.55. The average molecular weight is 314 g/mol. The van der Waals surface area contributed by atoms with Crippen LogP contribution in [0.15, 0.2) is 48.5 Å². The molecule has 0 spiro atoms. The molecule has 0 aliphatic heterocycles. The molecule has 3 aromatic rings. The van der Waals surface area contributed by atoms with E-state index >= 15 is 0 Å². The quantitative estimate of drug-likeness (QED) is 0.731. The number of anilines is 1. The van der Waals surface area contributed by atoms with Crippen LogP contribution in [0.25, 0.3) is 10.9 Å². The summed E-state index contributed by atoms with van der Waals surface area (Å²) in [5, 5.41) is 3.81. The zero-order chi connectivity index (χ0) is 17.1. The van der Waals surface area contributed by atoms with Gasteiger partial charge in [-0.3, -0.25) is 9.78 Å². The van der Waals surface area contributed by atoms with Crippen LogP contribution in [0.5, 0.6) is 0 Å². The lowest BCUT2D eigenvalue weighted by atomic mass is 9.99. The Morgan fingerprint density at radius 2 is 2.00 bits per heavy atom. The summed E-state index contributed by atoms with van der Waals surface area (Å²) in [5.74, 6) is 2.43. The number of hydrogen-bond acceptors (Lipinski definition) is 2. The van der Waals surface area contributed by atoms with Crippen LogP contribution in [-0.2, 0) is 6.42 Å². The van der Waals surface area contributed by atoms with Crippen LogP contribution < -0.4 is 5.32 Å². The topological polar surface area (TPSA) is 42.0 Å². The molecule has 118 valence electrons. The van der Waals surface area contributed by atoms with Crippen molar-refractivity contribution in [2.24, 2.45) is 0 Å². The van der Waals surface area contributed by atoms with Crippen LogP contribution in [0.1, 0.15) is 34.1 Å². The number of rotatable bonds is 3. The van der Waals surface area contributed by atoms with Gasteiger partial charge in [0.15, 0.2) is 0 Å². The van der Waals surface area contributed by atoms with Crippen molar-refractivity contribution >= 4 is 22.5 Å². The first-order valence-electron chi connectivity index (χ1n) is 7.90. The fourth-order valence-electron chi connectivity index (χ4n) is 2.88. The molecule has 0 unspecified atom stereocenters. The maximum absolute atomic E-state index is 12.9. The summed E-state index contributed by atoms with van der Waals surface area (Å²) >= 11 is 0. The van der Waals surface area contributed by atoms with E-state index in [4.69, 9.17) is 6.42 Å². The average Bonchev–Trinajstić information content (AvgIpc) is 2.61. The molecule has 0 fully saturated rings. The third-order valence-electron chi connectivity index (χ3n) is 4.09. The van der Waals surface area contributed by atoms with Crippen LogP contribution in [0.3, 0.4) is 0 Å². The molecule has 3 nitrogen and oxygen atoms in total. The van der Waals surface area contributed by atoms with Crippen LogP contribution >= 0.6 is 0 Å². The molecule has 1 N–H and O–H groups in total. The molecule has 0 radical (unpaired) electrons. The molecule has 0 saturated carbocycles. The number of terminal acetylenes is 1. The first kappa shape index (κ1) is 15.8. The van der Waals surface area contributed by atoms with Crippen molar-refractivity contribution in [3.05, 3.63) is 70.9 Å². The predicted octanol–water partition coefficient (Wildman–Crippen LogP) is 4.34. The highest BCUT2D eigenvalue weighted by atomic mass is 16.1. The molecule has 3 heteroatoms. The Labute approximate surface area is 141 Å². The number of para-hydroxylation sites is 1.